The van der Waals surface area contributed by atoms with Gasteiger partial charge in [0.15, 0.2) is 0 Å². The van der Waals surface area contributed by atoms with Crippen molar-refractivity contribution in [1.29, 1.82) is 0 Å². The van der Waals surface area contributed by atoms with Crippen molar-refractivity contribution in [3.63, 3.8) is 0 Å². The molecule has 0 saturated carbocycles. The molecule has 3 heteroatoms. The molecular weight excluding hydrogens is 214 g/mol. The second kappa shape index (κ2) is 6.01. The molecule has 0 unspecified atom stereocenters. The Hall–Kier alpha value is -1.87. The molecule has 1 heterocycles. The van der Waals surface area contributed by atoms with E-state index < -0.39 is 0 Å². The van der Waals surface area contributed by atoms with Crippen LogP contribution in [0.2, 0.25) is 0 Å². The highest BCUT2D eigenvalue weighted by molar-refractivity contribution is 5.66. The van der Waals surface area contributed by atoms with E-state index in [-0.39, 0.29) is 6.61 Å². The van der Waals surface area contributed by atoms with Crippen LogP contribution >= 0.6 is 0 Å². The fourth-order valence-electron chi connectivity index (χ4n) is 1.57. The van der Waals surface area contributed by atoms with Crippen LogP contribution in [-0.4, -0.2) is 23.3 Å². The van der Waals surface area contributed by atoms with Crippen LogP contribution in [0.3, 0.4) is 0 Å². The number of rotatable bonds is 5. The molecule has 0 fully saturated rings. The molecule has 0 bridgehead atoms. The van der Waals surface area contributed by atoms with Crippen molar-refractivity contribution < 1.29 is 9.84 Å². The Bertz CT molecular complexity index is 457. The number of nitrogens with zero attached hydrogens (tertiary/aromatic N) is 1. The molecule has 1 N–H and O–H groups in total. The zero-order valence-electron chi connectivity index (χ0n) is 9.54. The summed E-state index contributed by atoms with van der Waals surface area (Å²) in [5.41, 5.74) is 1.87. The lowest BCUT2D eigenvalue weighted by Gasteiger charge is -2.10. The molecule has 3 nitrogen and oxygen atoms in total. The maximum Gasteiger partial charge on any atom is 0.128 e. The first-order valence-corrected chi connectivity index (χ1v) is 5.66. The van der Waals surface area contributed by atoms with E-state index in [2.05, 4.69) is 4.98 Å². The first kappa shape index (κ1) is 11.6. The summed E-state index contributed by atoms with van der Waals surface area (Å²) >= 11 is 0. The molecule has 0 radical (unpaired) electrons. The third kappa shape index (κ3) is 3.04. The number of hydrogen-bond acceptors (Lipinski definition) is 3. The smallest absolute Gasteiger partial charge is 0.128 e. The minimum absolute atomic E-state index is 0.145. The van der Waals surface area contributed by atoms with Gasteiger partial charge in [-0.05, 0) is 24.3 Å². The first-order valence-electron chi connectivity index (χ1n) is 5.66. The van der Waals surface area contributed by atoms with Crippen LogP contribution in [0.15, 0.2) is 48.7 Å². The van der Waals surface area contributed by atoms with Gasteiger partial charge >= 0.3 is 0 Å². The molecule has 0 amide bonds. The highest BCUT2D eigenvalue weighted by Crippen LogP contribution is 2.27. The molecular formula is C14H15NO2. The summed E-state index contributed by atoms with van der Waals surface area (Å²) in [5, 5.41) is 8.74. The zero-order chi connectivity index (χ0) is 11.9. The van der Waals surface area contributed by atoms with E-state index in [1.54, 1.807) is 6.20 Å². The van der Waals surface area contributed by atoms with Gasteiger partial charge in [-0.25, -0.2) is 0 Å². The van der Waals surface area contributed by atoms with Gasteiger partial charge in [-0.3, -0.25) is 4.98 Å². The van der Waals surface area contributed by atoms with E-state index in [4.69, 9.17) is 9.84 Å². The van der Waals surface area contributed by atoms with Gasteiger partial charge in [-0.2, -0.15) is 0 Å². The number of aromatic nitrogens is 1. The Morgan fingerprint density at radius 1 is 1.06 bits per heavy atom. The van der Waals surface area contributed by atoms with Crippen LogP contribution in [0.4, 0.5) is 0 Å². The van der Waals surface area contributed by atoms with Gasteiger partial charge in [0.1, 0.15) is 5.75 Å². The van der Waals surface area contributed by atoms with Crippen molar-refractivity contribution in [3.8, 4) is 17.0 Å². The fraction of sp³-hybridized carbons (Fsp3) is 0.214. The lowest BCUT2D eigenvalue weighted by atomic mass is 10.1. The van der Waals surface area contributed by atoms with Gasteiger partial charge < -0.3 is 9.84 Å². The third-order valence-electron chi connectivity index (χ3n) is 2.39. The predicted molar refractivity (Wildman–Crippen MR) is 66.9 cm³/mol. The topological polar surface area (TPSA) is 42.4 Å². The van der Waals surface area contributed by atoms with E-state index in [9.17, 15) is 0 Å². The lowest BCUT2D eigenvalue weighted by molar-refractivity contribution is 0.234. The number of ether oxygens (including phenoxy) is 1. The van der Waals surface area contributed by atoms with E-state index in [0.717, 1.165) is 17.0 Å². The number of para-hydroxylation sites is 1. The lowest BCUT2D eigenvalue weighted by Crippen LogP contribution is -2.01. The minimum Gasteiger partial charge on any atom is -0.493 e. The maximum absolute atomic E-state index is 8.74. The third-order valence-corrected chi connectivity index (χ3v) is 2.39. The Balaban J connectivity index is 2.22. The summed E-state index contributed by atoms with van der Waals surface area (Å²) < 4.78 is 5.63. The van der Waals surface area contributed by atoms with Crippen molar-refractivity contribution in [2.45, 2.75) is 6.42 Å². The van der Waals surface area contributed by atoms with Gasteiger partial charge in [-0.15, -0.1) is 0 Å². The predicted octanol–water partition coefficient (Wildman–Crippen LogP) is 2.51. The molecule has 2 rings (SSSR count). The van der Waals surface area contributed by atoms with Crippen molar-refractivity contribution in [1.82, 2.24) is 4.98 Å². The van der Waals surface area contributed by atoms with Crippen LogP contribution in [0, 0.1) is 0 Å². The minimum atomic E-state index is 0.145. The van der Waals surface area contributed by atoms with E-state index in [0.29, 0.717) is 13.0 Å². The number of aliphatic hydroxyl groups excluding tert-OH is 1. The molecule has 2 aromatic rings. The summed E-state index contributed by atoms with van der Waals surface area (Å²) in [5.74, 6) is 0.805. The van der Waals surface area contributed by atoms with Crippen LogP contribution in [0.5, 0.6) is 5.75 Å². The highest BCUT2D eigenvalue weighted by atomic mass is 16.5. The average Bonchev–Trinajstić information content (AvgIpc) is 2.41. The Kier molecular flexibility index (Phi) is 4.11. The summed E-state index contributed by atoms with van der Waals surface area (Å²) in [6, 6.07) is 13.6. The van der Waals surface area contributed by atoms with Gasteiger partial charge in [0.2, 0.25) is 0 Å². The summed E-state index contributed by atoms with van der Waals surface area (Å²) in [6.45, 7) is 0.659. The molecule has 1 aromatic heterocycles. The average molecular weight is 229 g/mol. The highest BCUT2D eigenvalue weighted by Gasteiger charge is 2.05. The van der Waals surface area contributed by atoms with Crippen molar-refractivity contribution >= 4 is 0 Å². The quantitative estimate of drug-likeness (QED) is 0.801. The second-order valence-electron chi connectivity index (χ2n) is 3.64. The zero-order valence-corrected chi connectivity index (χ0v) is 9.54. The molecule has 0 spiro atoms. The molecule has 17 heavy (non-hydrogen) atoms. The Morgan fingerprint density at radius 3 is 2.65 bits per heavy atom. The number of pyridine rings is 1. The molecule has 0 aliphatic rings. The van der Waals surface area contributed by atoms with E-state index >= 15 is 0 Å². The molecule has 0 atom stereocenters. The number of aliphatic hydroxyl groups is 1. The van der Waals surface area contributed by atoms with E-state index in [1.165, 1.54) is 0 Å². The Morgan fingerprint density at radius 2 is 1.88 bits per heavy atom. The molecule has 1 aromatic carbocycles. The second-order valence-corrected chi connectivity index (χ2v) is 3.64. The summed E-state index contributed by atoms with van der Waals surface area (Å²) in [6.07, 6.45) is 2.40. The molecule has 0 saturated heterocycles. The number of hydrogen-bond donors (Lipinski definition) is 1. The summed E-state index contributed by atoms with van der Waals surface area (Å²) in [4.78, 5) is 4.31. The van der Waals surface area contributed by atoms with Crippen LogP contribution in [0.25, 0.3) is 11.3 Å². The summed E-state index contributed by atoms with van der Waals surface area (Å²) in [7, 11) is 0. The largest absolute Gasteiger partial charge is 0.493 e. The van der Waals surface area contributed by atoms with Crippen LogP contribution < -0.4 is 4.74 Å². The van der Waals surface area contributed by atoms with Crippen LogP contribution in [-0.2, 0) is 0 Å². The standard InChI is InChI=1S/C14H15NO2/c16-10-5-11-17-14-8-2-1-6-12(14)13-7-3-4-9-15-13/h1-4,6-9,16H,5,10-11H2. The first-order chi connectivity index (χ1) is 8.42. The van der Waals surface area contributed by atoms with Crippen LogP contribution in [0.1, 0.15) is 6.42 Å². The molecule has 0 aliphatic heterocycles. The van der Waals surface area contributed by atoms with Gasteiger partial charge in [-0.1, -0.05) is 18.2 Å². The Labute approximate surface area is 101 Å². The van der Waals surface area contributed by atoms with E-state index in [1.807, 2.05) is 42.5 Å². The monoisotopic (exact) mass is 229 g/mol. The van der Waals surface area contributed by atoms with Crippen molar-refractivity contribution in [3.05, 3.63) is 48.7 Å². The number of benzene rings is 1. The SMILES string of the molecule is OCCCOc1ccccc1-c1ccccn1. The van der Waals surface area contributed by atoms with Gasteiger partial charge in [0.05, 0.1) is 12.3 Å². The maximum atomic E-state index is 8.74. The molecule has 0 aliphatic carbocycles. The molecule has 88 valence electrons. The normalized spacial score (nSPS) is 10.2. The fourth-order valence-corrected chi connectivity index (χ4v) is 1.57. The van der Waals surface area contributed by atoms with Gasteiger partial charge in [0, 0.05) is 24.8 Å². The van der Waals surface area contributed by atoms with Crippen molar-refractivity contribution in [2.75, 3.05) is 13.2 Å². The van der Waals surface area contributed by atoms with Crippen molar-refractivity contribution in [2.24, 2.45) is 0 Å². The van der Waals surface area contributed by atoms with Gasteiger partial charge in [0.25, 0.3) is 0 Å².